The van der Waals surface area contributed by atoms with E-state index in [9.17, 15) is 19.8 Å². The molecule has 24 heavy (non-hydrogen) atoms. The van der Waals surface area contributed by atoms with Crippen molar-refractivity contribution >= 4 is 16.9 Å². The summed E-state index contributed by atoms with van der Waals surface area (Å²) in [5.74, 6) is -1.99. The Kier molecular flexibility index (Phi) is 3.61. The Morgan fingerprint density at radius 3 is 2.38 bits per heavy atom. The highest BCUT2D eigenvalue weighted by Gasteiger charge is 2.19. The van der Waals surface area contributed by atoms with Crippen molar-refractivity contribution < 1.29 is 29.3 Å². The molecule has 0 atom stereocenters. The Balaban J connectivity index is 2.27. The van der Waals surface area contributed by atoms with Crippen LogP contribution in [-0.2, 0) is 0 Å². The maximum absolute atomic E-state index is 12.3. The summed E-state index contributed by atoms with van der Waals surface area (Å²) in [6, 6.07) is 8.11. The average Bonchev–Trinajstić information content (AvgIpc) is 2.57. The van der Waals surface area contributed by atoms with Gasteiger partial charge in [-0.25, -0.2) is 4.79 Å². The summed E-state index contributed by atoms with van der Waals surface area (Å²) in [6.07, 6.45) is 0. The number of ether oxygens (including phenoxy) is 1. The van der Waals surface area contributed by atoms with E-state index < -0.39 is 17.1 Å². The Bertz CT molecular complexity index is 1000. The predicted octanol–water partition coefficient (Wildman–Crippen LogP) is 2.58. The smallest absolute Gasteiger partial charge is 0.335 e. The first-order chi connectivity index (χ1) is 11.4. The Hall–Kier alpha value is -3.48. The quantitative estimate of drug-likeness (QED) is 0.676. The fraction of sp³-hybridized carbons (Fsp3) is 0.0588. The van der Waals surface area contributed by atoms with E-state index in [4.69, 9.17) is 14.3 Å². The first-order valence-electron chi connectivity index (χ1n) is 6.83. The van der Waals surface area contributed by atoms with Crippen LogP contribution in [0.15, 0.2) is 45.6 Å². The molecule has 0 unspecified atom stereocenters. The average molecular weight is 328 g/mol. The summed E-state index contributed by atoms with van der Waals surface area (Å²) >= 11 is 0. The number of benzene rings is 2. The molecule has 0 amide bonds. The standard InChI is InChI=1S/C17H12O7/c1-23-10-6-11(18)13-12(7-10)24-16(15(20)14(13)19)8-2-4-9(5-3-8)17(21)22/h2-7,18,20H,1H3,(H,21,22). The van der Waals surface area contributed by atoms with Gasteiger partial charge in [0.05, 0.1) is 12.7 Å². The lowest BCUT2D eigenvalue weighted by Gasteiger charge is -2.09. The van der Waals surface area contributed by atoms with Gasteiger partial charge in [-0.15, -0.1) is 0 Å². The number of hydrogen-bond donors (Lipinski definition) is 3. The molecule has 1 aromatic heterocycles. The number of aromatic hydroxyl groups is 2. The molecule has 0 radical (unpaired) electrons. The highest BCUT2D eigenvalue weighted by molar-refractivity contribution is 5.90. The second-order valence-electron chi connectivity index (χ2n) is 5.01. The van der Waals surface area contributed by atoms with Crippen molar-refractivity contribution in [3.63, 3.8) is 0 Å². The van der Waals surface area contributed by atoms with E-state index in [1.807, 2.05) is 0 Å². The van der Waals surface area contributed by atoms with Gasteiger partial charge in [0.2, 0.25) is 11.2 Å². The number of carboxylic acid groups (broad SMARTS) is 1. The van der Waals surface area contributed by atoms with Gasteiger partial charge in [0.1, 0.15) is 22.5 Å². The van der Waals surface area contributed by atoms with E-state index >= 15 is 0 Å². The third-order valence-electron chi connectivity index (χ3n) is 3.55. The summed E-state index contributed by atoms with van der Waals surface area (Å²) in [4.78, 5) is 23.2. The third kappa shape index (κ3) is 2.41. The van der Waals surface area contributed by atoms with E-state index in [-0.39, 0.29) is 33.8 Å². The normalized spacial score (nSPS) is 10.7. The molecule has 0 fully saturated rings. The topological polar surface area (TPSA) is 117 Å². The predicted molar refractivity (Wildman–Crippen MR) is 84.8 cm³/mol. The molecule has 122 valence electrons. The maximum atomic E-state index is 12.3. The van der Waals surface area contributed by atoms with E-state index in [1.165, 1.54) is 43.5 Å². The third-order valence-corrected chi connectivity index (χ3v) is 3.55. The number of fused-ring (bicyclic) bond motifs is 1. The molecular formula is C17H12O7. The molecule has 7 nitrogen and oxygen atoms in total. The fourth-order valence-electron chi connectivity index (χ4n) is 2.34. The molecular weight excluding hydrogens is 316 g/mol. The van der Waals surface area contributed by atoms with Crippen LogP contribution in [0.5, 0.6) is 17.2 Å². The summed E-state index contributed by atoms with van der Waals surface area (Å²) in [6.45, 7) is 0. The second kappa shape index (κ2) is 5.62. The van der Waals surface area contributed by atoms with E-state index in [0.717, 1.165) is 0 Å². The Labute approximate surface area is 135 Å². The number of phenols is 1. The van der Waals surface area contributed by atoms with Crippen LogP contribution in [0.4, 0.5) is 0 Å². The van der Waals surface area contributed by atoms with Gasteiger partial charge in [0.25, 0.3) is 0 Å². The zero-order valence-electron chi connectivity index (χ0n) is 12.4. The molecule has 2 aromatic carbocycles. The SMILES string of the molecule is COc1cc(O)c2c(=O)c(O)c(-c3ccc(C(=O)O)cc3)oc2c1. The van der Waals surface area contributed by atoms with Gasteiger partial charge >= 0.3 is 5.97 Å². The van der Waals surface area contributed by atoms with Crippen LogP contribution in [0.1, 0.15) is 10.4 Å². The minimum Gasteiger partial charge on any atom is -0.507 e. The lowest BCUT2D eigenvalue weighted by Crippen LogP contribution is -2.03. The van der Waals surface area contributed by atoms with Crippen LogP contribution < -0.4 is 10.2 Å². The highest BCUT2D eigenvalue weighted by atomic mass is 16.5. The Morgan fingerprint density at radius 2 is 1.79 bits per heavy atom. The van der Waals surface area contributed by atoms with Crippen LogP contribution in [-0.4, -0.2) is 28.4 Å². The van der Waals surface area contributed by atoms with Crippen molar-refractivity contribution in [1.29, 1.82) is 0 Å². The molecule has 0 saturated heterocycles. The summed E-state index contributed by atoms with van der Waals surface area (Å²) in [5, 5.41) is 28.8. The first kappa shape index (κ1) is 15.4. The molecule has 0 saturated carbocycles. The molecule has 7 heteroatoms. The lowest BCUT2D eigenvalue weighted by atomic mass is 10.1. The van der Waals surface area contributed by atoms with E-state index in [2.05, 4.69) is 0 Å². The first-order valence-corrected chi connectivity index (χ1v) is 6.83. The van der Waals surface area contributed by atoms with Crippen LogP contribution in [0, 0.1) is 0 Å². The van der Waals surface area contributed by atoms with Gasteiger partial charge < -0.3 is 24.5 Å². The molecule has 1 heterocycles. The minimum atomic E-state index is -1.10. The van der Waals surface area contributed by atoms with Crippen LogP contribution >= 0.6 is 0 Å². The largest absolute Gasteiger partial charge is 0.507 e. The molecule has 3 N–H and O–H groups in total. The minimum absolute atomic E-state index is 0.0342. The zero-order chi connectivity index (χ0) is 17.4. The number of rotatable bonds is 3. The molecule has 0 aliphatic rings. The molecule has 0 aliphatic carbocycles. The number of carboxylic acids is 1. The van der Waals surface area contributed by atoms with Gasteiger partial charge in [-0.05, 0) is 12.1 Å². The van der Waals surface area contributed by atoms with Gasteiger partial charge in [-0.2, -0.15) is 0 Å². The number of methoxy groups -OCH3 is 1. The number of hydrogen-bond acceptors (Lipinski definition) is 6. The van der Waals surface area contributed by atoms with Gasteiger partial charge in [-0.3, -0.25) is 4.79 Å². The van der Waals surface area contributed by atoms with Crippen LogP contribution in [0.25, 0.3) is 22.3 Å². The Morgan fingerprint density at radius 1 is 1.12 bits per heavy atom. The monoisotopic (exact) mass is 328 g/mol. The van der Waals surface area contributed by atoms with Gasteiger partial charge in [0, 0.05) is 17.7 Å². The van der Waals surface area contributed by atoms with Crippen molar-refractivity contribution in [1.82, 2.24) is 0 Å². The van der Waals surface area contributed by atoms with Crippen molar-refractivity contribution in [2.45, 2.75) is 0 Å². The zero-order valence-corrected chi connectivity index (χ0v) is 12.4. The molecule has 3 rings (SSSR count). The summed E-state index contributed by atoms with van der Waals surface area (Å²) < 4.78 is 10.6. The summed E-state index contributed by atoms with van der Waals surface area (Å²) in [5.41, 5.74) is -0.389. The van der Waals surface area contributed by atoms with Crippen molar-refractivity contribution in [3.05, 3.63) is 52.2 Å². The maximum Gasteiger partial charge on any atom is 0.335 e. The summed E-state index contributed by atoms with van der Waals surface area (Å²) in [7, 11) is 1.39. The molecule has 0 bridgehead atoms. The highest BCUT2D eigenvalue weighted by Crippen LogP contribution is 2.35. The van der Waals surface area contributed by atoms with E-state index in [1.54, 1.807) is 0 Å². The molecule has 0 spiro atoms. The fourth-order valence-corrected chi connectivity index (χ4v) is 2.34. The molecule has 3 aromatic rings. The van der Waals surface area contributed by atoms with Gasteiger partial charge in [0.15, 0.2) is 5.76 Å². The second-order valence-corrected chi connectivity index (χ2v) is 5.01. The van der Waals surface area contributed by atoms with Crippen LogP contribution in [0.3, 0.4) is 0 Å². The van der Waals surface area contributed by atoms with Gasteiger partial charge in [-0.1, -0.05) is 12.1 Å². The van der Waals surface area contributed by atoms with Crippen molar-refractivity contribution in [2.24, 2.45) is 0 Å². The lowest BCUT2D eigenvalue weighted by molar-refractivity contribution is 0.0697. The van der Waals surface area contributed by atoms with E-state index in [0.29, 0.717) is 5.56 Å². The van der Waals surface area contributed by atoms with Crippen LogP contribution in [0.2, 0.25) is 0 Å². The number of carbonyl (C=O) groups is 1. The van der Waals surface area contributed by atoms with Crippen molar-refractivity contribution in [2.75, 3.05) is 7.11 Å². The van der Waals surface area contributed by atoms with Crippen molar-refractivity contribution in [3.8, 4) is 28.6 Å². The number of aromatic carboxylic acids is 1. The molecule has 0 aliphatic heterocycles. The number of phenolic OH excluding ortho intramolecular Hbond substituents is 1.